The van der Waals surface area contributed by atoms with Gasteiger partial charge in [-0.25, -0.2) is 14.4 Å². The normalized spacial score (nSPS) is 12.9. The van der Waals surface area contributed by atoms with E-state index in [1.165, 1.54) is 12.1 Å². The molecule has 1 aliphatic heterocycles. The van der Waals surface area contributed by atoms with Gasteiger partial charge in [0, 0.05) is 48.9 Å². The molecular formula is C17H14ClFN2O2. The van der Waals surface area contributed by atoms with E-state index in [4.69, 9.17) is 16.7 Å². The summed E-state index contributed by atoms with van der Waals surface area (Å²) in [4.78, 5) is 21.1. The Morgan fingerprint density at radius 1 is 1.35 bits per heavy atom. The molecule has 0 spiro atoms. The zero-order valence-electron chi connectivity index (χ0n) is 12.2. The van der Waals surface area contributed by atoms with Crippen LogP contribution in [0.1, 0.15) is 27.9 Å². The third kappa shape index (κ3) is 3.30. The molecule has 0 fully saturated rings. The lowest BCUT2D eigenvalue weighted by molar-refractivity contribution is 0.0992. The third-order valence-corrected chi connectivity index (χ3v) is 4.02. The first-order chi connectivity index (χ1) is 11.1. The van der Waals surface area contributed by atoms with Crippen LogP contribution in [-0.4, -0.2) is 28.2 Å². The zero-order valence-corrected chi connectivity index (χ0v) is 13.0. The van der Waals surface area contributed by atoms with E-state index in [1.807, 2.05) is 0 Å². The van der Waals surface area contributed by atoms with Crippen LogP contribution in [0.25, 0.3) is 0 Å². The van der Waals surface area contributed by atoms with Crippen molar-refractivity contribution in [3.05, 3.63) is 58.0 Å². The van der Waals surface area contributed by atoms with E-state index < -0.39 is 5.82 Å². The van der Waals surface area contributed by atoms with Gasteiger partial charge < -0.3 is 5.11 Å². The smallest absolute Gasteiger partial charge is 0.167 e. The highest BCUT2D eigenvalue weighted by Crippen LogP contribution is 2.29. The van der Waals surface area contributed by atoms with Crippen LogP contribution in [0.4, 0.5) is 10.2 Å². The maximum Gasteiger partial charge on any atom is 0.167 e. The number of ketones is 1. The van der Waals surface area contributed by atoms with Crippen molar-refractivity contribution >= 4 is 28.9 Å². The predicted molar refractivity (Wildman–Crippen MR) is 86.2 cm³/mol. The lowest BCUT2D eigenvalue weighted by Crippen LogP contribution is -2.09. The van der Waals surface area contributed by atoms with Gasteiger partial charge in [-0.1, -0.05) is 17.7 Å². The molecule has 0 saturated heterocycles. The maximum absolute atomic E-state index is 13.2. The number of Topliss-reactive ketones (excluding diaryl/α,β-unsaturated/α-hetero) is 1. The summed E-state index contributed by atoms with van der Waals surface area (Å²) in [5.41, 5.74) is 2.82. The minimum atomic E-state index is -0.505. The fourth-order valence-electron chi connectivity index (χ4n) is 2.61. The molecule has 0 bridgehead atoms. The summed E-state index contributed by atoms with van der Waals surface area (Å²) in [6.45, 7) is 0.0180. The summed E-state index contributed by atoms with van der Waals surface area (Å²) < 4.78 is 13.2. The lowest BCUT2D eigenvalue weighted by atomic mass is 9.97. The van der Waals surface area contributed by atoms with Crippen molar-refractivity contribution in [1.29, 1.82) is 0 Å². The monoisotopic (exact) mass is 332 g/mol. The van der Waals surface area contributed by atoms with Gasteiger partial charge in [0.25, 0.3) is 0 Å². The molecule has 1 N–H and O–H groups in total. The van der Waals surface area contributed by atoms with Gasteiger partial charge in [0.1, 0.15) is 5.82 Å². The molecule has 0 aliphatic carbocycles. The van der Waals surface area contributed by atoms with E-state index >= 15 is 0 Å². The van der Waals surface area contributed by atoms with E-state index in [9.17, 15) is 9.18 Å². The Labute approximate surface area is 137 Å². The molecule has 1 aromatic carbocycles. The van der Waals surface area contributed by atoms with Crippen LogP contribution in [0, 0.1) is 5.82 Å². The number of aromatic nitrogens is 1. The first-order valence-corrected chi connectivity index (χ1v) is 7.58. The summed E-state index contributed by atoms with van der Waals surface area (Å²) in [6.07, 6.45) is 2.67. The fourth-order valence-corrected chi connectivity index (χ4v) is 2.81. The Hall–Kier alpha value is -2.11. The molecule has 118 valence electrons. The molecule has 0 saturated carbocycles. The van der Waals surface area contributed by atoms with Gasteiger partial charge in [0.05, 0.1) is 5.02 Å². The van der Waals surface area contributed by atoms with Crippen molar-refractivity contribution in [2.45, 2.75) is 19.3 Å². The average Bonchev–Trinajstić information content (AvgIpc) is 2.93. The molecule has 1 aliphatic rings. The van der Waals surface area contributed by atoms with Gasteiger partial charge in [-0.15, -0.1) is 0 Å². The molecular weight excluding hydrogens is 319 g/mol. The number of halogens is 2. The van der Waals surface area contributed by atoms with Gasteiger partial charge in [0.15, 0.2) is 11.6 Å². The summed E-state index contributed by atoms with van der Waals surface area (Å²) in [5.74, 6) is -0.0575. The topological polar surface area (TPSA) is 62.5 Å². The van der Waals surface area contributed by atoms with Crippen LogP contribution in [0.3, 0.4) is 0 Å². The second kappa shape index (κ2) is 6.56. The number of aliphatic hydroxyl groups is 1. The van der Waals surface area contributed by atoms with E-state index in [1.54, 1.807) is 18.3 Å². The van der Waals surface area contributed by atoms with Crippen molar-refractivity contribution in [1.82, 2.24) is 4.98 Å². The SMILES string of the molecule is O=C(Cc1ccc(F)c(Cl)c1)c1ccnc2c1CC(CCO)=N2. The molecule has 0 unspecified atom stereocenters. The minimum absolute atomic E-state index is 0.00354. The molecule has 0 radical (unpaired) electrons. The number of hydrogen-bond donors (Lipinski definition) is 1. The van der Waals surface area contributed by atoms with Crippen molar-refractivity contribution < 1.29 is 14.3 Å². The largest absolute Gasteiger partial charge is 0.396 e. The van der Waals surface area contributed by atoms with E-state index in [0.29, 0.717) is 29.8 Å². The molecule has 2 aromatic rings. The Balaban J connectivity index is 1.83. The molecule has 0 atom stereocenters. The number of carbonyl (C=O) groups is 1. The van der Waals surface area contributed by atoms with Gasteiger partial charge >= 0.3 is 0 Å². The molecule has 0 amide bonds. The summed E-state index contributed by atoms with van der Waals surface area (Å²) in [5, 5.41) is 9.02. The number of carbonyl (C=O) groups excluding carboxylic acids is 1. The highest BCUT2D eigenvalue weighted by molar-refractivity contribution is 6.30. The van der Waals surface area contributed by atoms with E-state index in [2.05, 4.69) is 9.98 Å². The summed E-state index contributed by atoms with van der Waals surface area (Å²) >= 11 is 5.75. The minimum Gasteiger partial charge on any atom is -0.396 e. The van der Waals surface area contributed by atoms with Crippen LogP contribution in [0.15, 0.2) is 35.5 Å². The van der Waals surface area contributed by atoms with Crippen LogP contribution in [0.2, 0.25) is 5.02 Å². The van der Waals surface area contributed by atoms with Crippen molar-refractivity contribution in [2.24, 2.45) is 4.99 Å². The van der Waals surface area contributed by atoms with E-state index in [0.717, 1.165) is 11.3 Å². The van der Waals surface area contributed by atoms with Gasteiger partial charge in [0.2, 0.25) is 0 Å². The Morgan fingerprint density at radius 2 is 2.17 bits per heavy atom. The summed E-state index contributed by atoms with van der Waals surface area (Å²) in [6, 6.07) is 5.94. The first-order valence-electron chi connectivity index (χ1n) is 7.21. The van der Waals surface area contributed by atoms with Crippen LogP contribution in [-0.2, 0) is 12.8 Å². The lowest BCUT2D eigenvalue weighted by Gasteiger charge is -2.07. The predicted octanol–water partition coefficient (Wildman–Crippen LogP) is 3.31. The zero-order chi connectivity index (χ0) is 16.4. The fraction of sp³-hybridized carbons (Fsp3) is 0.235. The molecule has 4 nitrogen and oxygen atoms in total. The number of benzene rings is 1. The number of pyridine rings is 1. The second-order valence-electron chi connectivity index (χ2n) is 5.34. The Kier molecular flexibility index (Phi) is 4.50. The van der Waals surface area contributed by atoms with Crippen molar-refractivity contribution in [2.75, 3.05) is 6.61 Å². The number of fused-ring (bicyclic) bond motifs is 1. The molecule has 23 heavy (non-hydrogen) atoms. The number of nitrogens with zero attached hydrogens (tertiary/aromatic N) is 2. The Morgan fingerprint density at radius 3 is 2.91 bits per heavy atom. The van der Waals surface area contributed by atoms with Gasteiger partial charge in [-0.05, 0) is 23.8 Å². The van der Waals surface area contributed by atoms with Crippen LogP contribution in [0.5, 0.6) is 0 Å². The Bertz CT molecular complexity index is 805. The van der Waals surface area contributed by atoms with Crippen molar-refractivity contribution in [3.63, 3.8) is 0 Å². The number of rotatable bonds is 5. The van der Waals surface area contributed by atoms with Crippen LogP contribution < -0.4 is 0 Å². The average molecular weight is 333 g/mol. The van der Waals surface area contributed by atoms with Gasteiger partial charge in [-0.2, -0.15) is 0 Å². The number of aliphatic hydroxyl groups excluding tert-OH is 1. The highest BCUT2D eigenvalue weighted by Gasteiger charge is 2.22. The quantitative estimate of drug-likeness (QED) is 0.854. The summed E-state index contributed by atoms with van der Waals surface area (Å²) in [7, 11) is 0. The van der Waals surface area contributed by atoms with Crippen LogP contribution >= 0.6 is 11.6 Å². The molecule has 6 heteroatoms. The second-order valence-corrected chi connectivity index (χ2v) is 5.74. The third-order valence-electron chi connectivity index (χ3n) is 3.73. The number of hydrogen-bond acceptors (Lipinski definition) is 4. The highest BCUT2D eigenvalue weighted by atomic mass is 35.5. The maximum atomic E-state index is 13.2. The first kappa shape index (κ1) is 15.8. The van der Waals surface area contributed by atoms with Gasteiger partial charge in [-0.3, -0.25) is 4.79 Å². The van der Waals surface area contributed by atoms with E-state index in [-0.39, 0.29) is 23.8 Å². The number of aliphatic imine (C=N–C) groups is 1. The molecule has 2 heterocycles. The standard InChI is InChI=1S/C17H14ClFN2O2/c18-14-7-10(1-2-15(14)19)8-16(23)12-3-5-20-17-13(12)9-11(21-17)4-6-22/h1-3,5,7,22H,4,6,8-9H2. The van der Waals surface area contributed by atoms with Crippen molar-refractivity contribution in [3.8, 4) is 0 Å². The molecule has 1 aromatic heterocycles. The molecule has 3 rings (SSSR count).